The van der Waals surface area contributed by atoms with Crippen molar-refractivity contribution in [3.05, 3.63) is 34.6 Å². The van der Waals surface area contributed by atoms with Gasteiger partial charge in [-0.05, 0) is 44.4 Å². The molecule has 0 aliphatic rings. The minimum absolute atomic E-state index is 0.278. The number of hydrogen-bond acceptors (Lipinski definition) is 3. The lowest BCUT2D eigenvalue weighted by molar-refractivity contribution is -0.407. The van der Waals surface area contributed by atoms with Crippen molar-refractivity contribution in [2.45, 2.75) is 118 Å². The van der Waals surface area contributed by atoms with Gasteiger partial charge in [-0.25, -0.2) is 22.0 Å². The van der Waals surface area contributed by atoms with Crippen LogP contribution >= 0.6 is 0 Å². The zero-order valence-electron chi connectivity index (χ0n) is 23.4. The standard InChI is InChI=1S/C29H47F5O3/c1-6-10-11-12-13-14-15-22(29(35-16-7-2,36-17-8-3)37-18-9-4)19-21(5)20-23-24(30)26(32)28(34)27(33)25(23)31/h21-22H,6-20H2,1-5H3. The van der Waals surface area contributed by atoms with Gasteiger partial charge in [0.05, 0.1) is 19.8 Å². The van der Waals surface area contributed by atoms with Gasteiger partial charge in [0.15, 0.2) is 23.3 Å². The summed E-state index contributed by atoms with van der Waals surface area (Å²) < 4.78 is 88.6. The maximum absolute atomic E-state index is 14.4. The maximum Gasteiger partial charge on any atom is 0.285 e. The van der Waals surface area contributed by atoms with Crippen LogP contribution in [0.3, 0.4) is 0 Å². The molecule has 0 bridgehead atoms. The number of benzene rings is 1. The van der Waals surface area contributed by atoms with Gasteiger partial charge in [0.2, 0.25) is 5.82 Å². The molecule has 1 aromatic rings. The van der Waals surface area contributed by atoms with Crippen LogP contribution in [0.15, 0.2) is 0 Å². The van der Waals surface area contributed by atoms with Crippen LogP contribution in [0, 0.1) is 40.9 Å². The molecular formula is C29H47F5O3. The summed E-state index contributed by atoms with van der Waals surface area (Å²) in [7, 11) is 0. The summed E-state index contributed by atoms with van der Waals surface area (Å²) in [5.74, 6) is -11.5. The third kappa shape index (κ3) is 10.4. The van der Waals surface area contributed by atoms with E-state index in [4.69, 9.17) is 14.2 Å². The van der Waals surface area contributed by atoms with Crippen molar-refractivity contribution in [2.75, 3.05) is 19.8 Å². The zero-order chi connectivity index (χ0) is 27.8. The highest BCUT2D eigenvalue weighted by Crippen LogP contribution is 2.37. The second kappa shape index (κ2) is 18.1. The van der Waals surface area contributed by atoms with Crippen LogP contribution in [0.5, 0.6) is 0 Å². The molecule has 2 unspecified atom stereocenters. The first kappa shape index (κ1) is 33.8. The molecule has 0 saturated carbocycles. The van der Waals surface area contributed by atoms with E-state index in [-0.39, 0.29) is 12.3 Å². The van der Waals surface area contributed by atoms with Gasteiger partial charge in [-0.15, -0.1) is 0 Å². The maximum atomic E-state index is 14.4. The summed E-state index contributed by atoms with van der Waals surface area (Å²) in [5, 5.41) is 0. The molecule has 0 spiro atoms. The van der Waals surface area contributed by atoms with E-state index in [0.717, 1.165) is 51.4 Å². The van der Waals surface area contributed by atoms with Crippen LogP contribution in [0.4, 0.5) is 22.0 Å². The SMILES string of the molecule is CCCCCCCCC(CC(C)Cc1c(F)c(F)c(F)c(F)c1F)C(OCCC)(OCCC)OCCC. The van der Waals surface area contributed by atoms with Crippen molar-refractivity contribution in [3.8, 4) is 0 Å². The van der Waals surface area contributed by atoms with E-state index in [9.17, 15) is 22.0 Å². The van der Waals surface area contributed by atoms with Gasteiger partial charge in [0.1, 0.15) is 0 Å². The molecule has 0 N–H and O–H groups in total. The molecule has 0 fully saturated rings. The van der Waals surface area contributed by atoms with Crippen LogP contribution in [-0.4, -0.2) is 25.8 Å². The Morgan fingerprint density at radius 1 is 0.595 bits per heavy atom. The van der Waals surface area contributed by atoms with Crippen LogP contribution < -0.4 is 0 Å². The second-order valence-corrected chi connectivity index (χ2v) is 10.00. The highest BCUT2D eigenvalue weighted by molar-refractivity contribution is 5.24. The smallest absolute Gasteiger partial charge is 0.285 e. The van der Waals surface area contributed by atoms with Crippen LogP contribution in [0.25, 0.3) is 0 Å². The number of halogens is 5. The number of unbranched alkanes of at least 4 members (excludes halogenated alkanes) is 5. The predicted molar refractivity (Wildman–Crippen MR) is 137 cm³/mol. The average Bonchev–Trinajstić information content (AvgIpc) is 2.90. The molecule has 37 heavy (non-hydrogen) atoms. The molecule has 3 nitrogen and oxygen atoms in total. The zero-order valence-corrected chi connectivity index (χ0v) is 23.4. The lowest BCUT2D eigenvalue weighted by atomic mass is 9.85. The molecule has 1 aromatic carbocycles. The summed E-state index contributed by atoms with van der Waals surface area (Å²) in [6.07, 6.45) is 9.54. The van der Waals surface area contributed by atoms with Gasteiger partial charge in [-0.2, -0.15) is 0 Å². The molecule has 0 amide bonds. The third-order valence-electron chi connectivity index (χ3n) is 6.47. The van der Waals surface area contributed by atoms with Crippen LogP contribution in [-0.2, 0) is 20.6 Å². The van der Waals surface area contributed by atoms with E-state index in [2.05, 4.69) is 6.92 Å². The van der Waals surface area contributed by atoms with Gasteiger partial charge < -0.3 is 14.2 Å². The Balaban J connectivity index is 3.23. The number of ether oxygens (including phenoxy) is 3. The molecular weight excluding hydrogens is 491 g/mol. The Morgan fingerprint density at radius 2 is 1.03 bits per heavy atom. The van der Waals surface area contributed by atoms with E-state index in [0.29, 0.717) is 32.7 Å². The van der Waals surface area contributed by atoms with Crippen molar-refractivity contribution in [1.29, 1.82) is 0 Å². The summed E-state index contributed by atoms with van der Waals surface area (Å²) >= 11 is 0. The van der Waals surface area contributed by atoms with E-state index < -0.39 is 46.5 Å². The normalized spacial score (nSPS) is 13.8. The Morgan fingerprint density at radius 3 is 1.49 bits per heavy atom. The largest absolute Gasteiger partial charge is 0.327 e. The Labute approximate surface area is 220 Å². The van der Waals surface area contributed by atoms with Crippen LogP contribution in [0.2, 0.25) is 0 Å². The lowest BCUT2D eigenvalue weighted by Crippen LogP contribution is -2.48. The fourth-order valence-electron chi connectivity index (χ4n) is 4.57. The minimum Gasteiger partial charge on any atom is -0.327 e. The van der Waals surface area contributed by atoms with Gasteiger partial charge in [0.25, 0.3) is 5.97 Å². The molecule has 0 heterocycles. The van der Waals surface area contributed by atoms with E-state index in [1.54, 1.807) is 6.92 Å². The van der Waals surface area contributed by atoms with Gasteiger partial charge in [-0.3, -0.25) is 0 Å². The molecule has 0 aliphatic heterocycles. The highest BCUT2D eigenvalue weighted by atomic mass is 19.2. The third-order valence-corrected chi connectivity index (χ3v) is 6.47. The summed E-state index contributed by atoms with van der Waals surface area (Å²) in [6, 6.07) is 0. The molecule has 0 aromatic heterocycles. The summed E-state index contributed by atoms with van der Waals surface area (Å²) in [6.45, 7) is 11.1. The quantitative estimate of drug-likeness (QED) is 0.0513. The minimum atomic E-state index is -2.14. The number of hydrogen-bond donors (Lipinski definition) is 0. The first-order valence-corrected chi connectivity index (χ1v) is 14.1. The van der Waals surface area contributed by atoms with Crippen molar-refractivity contribution < 1.29 is 36.2 Å². The highest BCUT2D eigenvalue weighted by Gasteiger charge is 2.43. The van der Waals surface area contributed by atoms with Crippen molar-refractivity contribution in [3.63, 3.8) is 0 Å². The van der Waals surface area contributed by atoms with Gasteiger partial charge in [-0.1, -0.05) is 73.1 Å². The van der Waals surface area contributed by atoms with Gasteiger partial charge in [0, 0.05) is 11.5 Å². The van der Waals surface area contributed by atoms with Crippen molar-refractivity contribution in [1.82, 2.24) is 0 Å². The molecule has 1 rings (SSSR count). The second-order valence-electron chi connectivity index (χ2n) is 10.00. The van der Waals surface area contributed by atoms with Crippen molar-refractivity contribution in [2.24, 2.45) is 11.8 Å². The summed E-state index contributed by atoms with van der Waals surface area (Å²) in [5.41, 5.74) is -0.786. The monoisotopic (exact) mass is 538 g/mol. The van der Waals surface area contributed by atoms with E-state index >= 15 is 0 Å². The van der Waals surface area contributed by atoms with Crippen molar-refractivity contribution >= 4 is 0 Å². The average molecular weight is 539 g/mol. The molecule has 0 aliphatic carbocycles. The predicted octanol–water partition coefficient (Wildman–Crippen LogP) is 9.25. The first-order chi connectivity index (χ1) is 17.7. The molecule has 8 heteroatoms. The number of rotatable bonds is 21. The topological polar surface area (TPSA) is 27.7 Å². The van der Waals surface area contributed by atoms with E-state index in [1.807, 2.05) is 20.8 Å². The fourth-order valence-corrected chi connectivity index (χ4v) is 4.57. The lowest BCUT2D eigenvalue weighted by Gasteiger charge is -2.41. The van der Waals surface area contributed by atoms with E-state index in [1.165, 1.54) is 6.42 Å². The molecule has 0 radical (unpaired) electrons. The molecule has 0 saturated heterocycles. The summed E-state index contributed by atoms with van der Waals surface area (Å²) in [4.78, 5) is 0. The molecule has 2 atom stereocenters. The first-order valence-electron chi connectivity index (χ1n) is 14.1. The molecule has 216 valence electrons. The Kier molecular flexibility index (Phi) is 16.5. The Bertz CT molecular complexity index is 724. The Hall–Kier alpha value is -1.25. The van der Waals surface area contributed by atoms with Gasteiger partial charge >= 0.3 is 0 Å². The fraction of sp³-hybridized carbons (Fsp3) is 0.793. The van der Waals surface area contributed by atoms with Crippen LogP contribution in [0.1, 0.15) is 111 Å².